The standard InChI is InChI=1S/C19H23NO3Si/c1-24(2,3)14-16-12-17(18-10-7-11-22-18)20(19(21)23-16)13-15-8-5-4-6-9-15/h4-12,17H,13-14H2,1-3H3. The lowest BCUT2D eigenvalue weighted by molar-refractivity contribution is 0.0951. The van der Waals surface area contributed by atoms with Crippen LogP contribution in [0.3, 0.4) is 0 Å². The van der Waals surface area contributed by atoms with Crippen molar-refractivity contribution < 1.29 is 13.9 Å². The fourth-order valence-corrected chi connectivity index (χ4v) is 4.08. The van der Waals surface area contributed by atoms with Crippen molar-refractivity contribution in [3.05, 3.63) is 71.9 Å². The summed E-state index contributed by atoms with van der Waals surface area (Å²) in [5.74, 6) is 1.53. The Morgan fingerprint density at radius 3 is 2.46 bits per heavy atom. The van der Waals surface area contributed by atoms with Gasteiger partial charge in [0.2, 0.25) is 0 Å². The van der Waals surface area contributed by atoms with Gasteiger partial charge in [-0.05, 0) is 23.8 Å². The summed E-state index contributed by atoms with van der Waals surface area (Å²) in [4.78, 5) is 14.3. The Morgan fingerprint density at radius 2 is 1.83 bits per heavy atom. The lowest BCUT2D eigenvalue weighted by atomic mass is 10.1. The Kier molecular flexibility index (Phi) is 4.62. The van der Waals surface area contributed by atoms with Gasteiger partial charge in [-0.15, -0.1) is 0 Å². The third-order valence-corrected chi connectivity index (χ3v) is 5.28. The van der Waals surface area contributed by atoms with Crippen LogP contribution in [0.4, 0.5) is 4.79 Å². The van der Waals surface area contributed by atoms with Gasteiger partial charge in [0, 0.05) is 6.04 Å². The smallest absolute Gasteiger partial charge is 0.416 e. The summed E-state index contributed by atoms with van der Waals surface area (Å²) in [5.41, 5.74) is 1.06. The number of hydrogen-bond acceptors (Lipinski definition) is 3. The third-order valence-electron chi connectivity index (χ3n) is 3.87. The van der Waals surface area contributed by atoms with Crippen molar-refractivity contribution in [3.63, 3.8) is 0 Å². The molecular formula is C19H23NO3Si. The molecule has 0 saturated carbocycles. The molecule has 1 aromatic carbocycles. The van der Waals surface area contributed by atoms with E-state index < -0.39 is 8.07 Å². The topological polar surface area (TPSA) is 42.7 Å². The minimum atomic E-state index is -1.38. The first-order chi connectivity index (χ1) is 11.4. The van der Waals surface area contributed by atoms with E-state index in [0.717, 1.165) is 23.1 Å². The van der Waals surface area contributed by atoms with E-state index in [1.54, 1.807) is 11.2 Å². The highest BCUT2D eigenvalue weighted by Gasteiger charge is 2.34. The van der Waals surface area contributed by atoms with Gasteiger partial charge in [0.05, 0.1) is 20.9 Å². The molecule has 1 unspecified atom stereocenters. The largest absolute Gasteiger partial charge is 0.467 e. The Hall–Kier alpha value is -2.27. The second kappa shape index (κ2) is 6.69. The molecule has 2 aromatic rings. The number of amides is 1. The number of allylic oxidation sites excluding steroid dienone is 1. The van der Waals surface area contributed by atoms with Crippen LogP contribution in [-0.2, 0) is 11.3 Å². The van der Waals surface area contributed by atoms with Crippen molar-refractivity contribution in [1.82, 2.24) is 4.90 Å². The van der Waals surface area contributed by atoms with Crippen molar-refractivity contribution in [3.8, 4) is 0 Å². The van der Waals surface area contributed by atoms with E-state index in [1.807, 2.05) is 48.5 Å². The molecule has 0 aliphatic carbocycles. The quantitative estimate of drug-likeness (QED) is 0.702. The van der Waals surface area contributed by atoms with Crippen LogP contribution < -0.4 is 0 Å². The highest BCUT2D eigenvalue weighted by molar-refractivity contribution is 6.76. The van der Waals surface area contributed by atoms with Gasteiger partial charge in [0.25, 0.3) is 0 Å². The molecule has 3 rings (SSSR count). The Bertz CT molecular complexity index is 717. The average molecular weight is 341 g/mol. The highest BCUT2D eigenvalue weighted by atomic mass is 28.3. The van der Waals surface area contributed by atoms with Crippen molar-refractivity contribution in [1.29, 1.82) is 0 Å². The molecule has 1 atom stereocenters. The molecule has 1 aliphatic heterocycles. The molecule has 0 N–H and O–H groups in total. The maximum atomic E-state index is 12.6. The molecule has 1 amide bonds. The molecule has 24 heavy (non-hydrogen) atoms. The van der Waals surface area contributed by atoms with Crippen molar-refractivity contribution in [2.24, 2.45) is 0 Å². The number of carbonyl (C=O) groups is 1. The second-order valence-corrected chi connectivity index (χ2v) is 12.8. The van der Waals surface area contributed by atoms with E-state index in [0.29, 0.717) is 6.54 Å². The molecule has 126 valence electrons. The normalized spacial score (nSPS) is 18.3. The average Bonchev–Trinajstić information content (AvgIpc) is 3.03. The van der Waals surface area contributed by atoms with Crippen molar-refractivity contribution >= 4 is 14.2 Å². The number of ether oxygens (including phenoxy) is 1. The van der Waals surface area contributed by atoms with Crippen LogP contribution in [0.15, 0.2) is 65.0 Å². The molecule has 0 fully saturated rings. The highest BCUT2D eigenvalue weighted by Crippen LogP contribution is 2.33. The maximum Gasteiger partial charge on any atom is 0.416 e. The first-order valence-electron chi connectivity index (χ1n) is 8.19. The molecule has 0 saturated heterocycles. The van der Waals surface area contributed by atoms with Gasteiger partial charge < -0.3 is 9.15 Å². The summed E-state index contributed by atoms with van der Waals surface area (Å²) in [6.07, 6.45) is 3.36. The first kappa shape index (κ1) is 16.6. The van der Waals surface area contributed by atoms with Crippen LogP contribution in [0.25, 0.3) is 0 Å². The van der Waals surface area contributed by atoms with E-state index in [-0.39, 0.29) is 12.1 Å². The van der Waals surface area contributed by atoms with Crippen LogP contribution in [0.5, 0.6) is 0 Å². The Balaban J connectivity index is 1.91. The third kappa shape index (κ3) is 3.97. The summed E-state index contributed by atoms with van der Waals surface area (Å²) < 4.78 is 11.2. The monoisotopic (exact) mass is 341 g/mol. The van der Waals surface area contributed by atoms with Gasteiger partial charge in [-0.1, -0.05) is 50.0 Å². The number of cyclic esters (lactones) is 1. The maximum absolute atomic E-state index is 12.6. The van der Waals surface area contributed by atoms with Crippen molar-refractivity contribution in [2.75, 3.05) is 0 Å². The number of rotatable bonds is 5. The van der Waals surface area contributed by atoms with Gasteiger partial charge in [0.15, 0.2) is 0 Å². The summed E-state index contributed by atoms with van der Waals surface area (Å²) in [5, 5.41) is 0. The van der Waals surface area contributed by atoms with E-state index in [2.05, 4.69) is 19.6 Å². The van der Waals surface area contributed by atoms with E-state index >= 15 is 0 Å². The molecule has 1 aromatic heterocycles. The molecule has 2 heterocycles. The van der Waals surface area contributed by atoms with Crippen LogP contribution in [0.1, 0.15) is 17.4 Å². The SMILES string of the molecule is C[Si](C)(C)CC1=CC(c2ccco2)N(Cc2ccccc2)C(=O)O1. The number of hydrogen-bond donors (Lipinski definition) is 0. The molecule has 0 radical (unpaired) electrons. The zero-order chi connectivity index (χ0) is 17.2. The first-order valence-corrected chi connectivity index (χ1v) is 11.9. The second-order valence-electron chi connectivity index (χ2n) is 7.31. The predicted octanol–water partition coefficient (Wildman–Crippen LogP) is 5.20. The number of benzene rings is 1. The fraction of sp³-hybridized carbons (Fsp3) is 0.316. The summed E-state index contributed by atoms with van der Waals surface area (Å²) >= 11 is 0. The number of nitrogens with zero attached hydrogens (tertiary/aromatic N) is 1. The lowest BCUT2D eigenvalue weighted by Crippen LogP contribution is -2.38. The van der Waals surface area contributed by atoms with Crippen LogP contribution in [0.2, 0.25) is 25.7 Å². The molecular weight excluding hydrogens is 318 g/mol. The van der Waals surface area contributed by atoms with E-state index in [1.165, 1.54) is 0 Å². The zero-order valence-electron chi connectivity index (χ0n) is 14.4. The molecule has 4 nitrogen and oxygen atoms in total. The van der Waals surface area contributed by atoms with Gasteiger partial charge in [-0.25, -0.2) is 4.79 Å². The van der Waals surface area contributed by atoms with Gasteiger partial charge in [0.1, 0.15) is 17.6 Å². The Morgan fingerprint density at radius 1 is 1.08 bits per heavy atom. The fourth-order valence-electron chi connectivity index (χ4n) is 2.84. The molecule has 1 aliphatic rings. The lowest BCUT2D eigenvalue weighted by Gasteiger charge is -2.33. The number of carbonyl (C=O) groups excluding carboxylic acids is 1. The van der Waals surface area contributed by atoms with Gasteiger partial charge in [-0.3, -0.25) is 4.90 Å². The Labute approximate surface area is 143 Å². The van der Waals surface area contributed by atoms with Crippen LogP contribution >= 0.6 is 0 Å². The van der Waals surface area contributed by atoms with Crippen LogP contribution in [-0.4, -0.2) is 19.1 Å². The van der Waals surface area contributed by atoms with Gasteiger partial charge in [-0.2, -0.15) is 0 Å². The van der Waals surface area contributed by atoms with Crippen molar-refractivity contribution in [2.45, 2.75) is 38.3 Å². The number of furan rings is 1. The summed E-state index contributed by atoms with van der Waals surface area (Å²) in [7, 11) is -1.38. The minimum absolute atomic E-state index is 0.229. The zero-order valence-corrected chi connectivity index (χ0v) is 15.4. The van der Waals surface area contributed by atoms with Gasteiger partial charge >= 0.3 is 6.09 Å². The predicted molar refractivity (Wildman–Crippen MR) is 96.2 cm³/mol. The molecule has 5 heteroatoms. The van der Waals surface area contributed by atoms with Crippen LogP contribution in [0, 0.1) is 0 Å². The minimum Gasteiger partial charge on any atom is -0.467 e. The summed E-state index contributed by atoms with van der Waals surface area (Å²) in [6, 6.07) is 14.3. The molecule has 0 spiro atoms. The van der Waals surface area contributed by atoms with E-state index in [4.69, 9.17) is 9.15 Å². The van der Waals surface area contributed by atoms with E-state index in [9.17, 15) is 4.79 Å². The summed E-state index contributed by atoms with van der Waals surface area (Å²) in [6.45, 7) is 7.28. The molecule has 0 bridgehead atoms.